The summed E-state index contributed by atoms with van der Waals surface area (Å²) in [5.41, 5.74) is 0.818. The molecule has 1 heterocycles. The molecule has 104 valence electrons. The van der Waals surface area contributed by atoms with Crippen molar-refractivity contribution in [2.75, 3.05) is 26.2 Å². The minimum atomic E-state index is -0.156. The van der Waals surface area contributed by atoms with Crippen LogP contribution >= 0.6 is 11.6 Å². The number of rotatable bonds is 4. The van der Waals surface area contributed by atoms with Gasteiger partial charge in [0.15, 0.2) is 0 Å². The van der Waals surface area contributed by atoms with Crippen molar-refractivity contribution in [2.24, 2.45) is 5.92 Å². The summed E-state index contributed by atoms with van der Waals surface area (Å²) in [6, 6.07) is 5.33. The van der Waals surface area contributed by atoms with E-state index in [4.69, 9.17) is 11.6 Å². The van der Waals surface area contributed by atoms with Crippen LogP contribution in [0.1, 0.15) is 30.9 Å². The zero-order valence-corrected chi connectivity index (χ0v) is 11.8. The molecule has 1 N–H and O–H groups in total. The number of benzene rings is 1. The van der Waals surface area contributed by atoms with Crippen molar-refractivity contribution in [1.82, 2.24) is 10.2 Å². The molecule has 1 saturated heterocycles. The molecule has 2 fully saturated rings. The first-order valence-corrected chi connectivity index (χ1v) is 7.51. The standard InChI is InChI=1S/C15H20ClFN2/c16-12-3-4-13(14(17)10-12)15(9-11-1-2-11)19-7-5-18-6-8-19/h3-4,10-11,15,18H,1-2,5-9H2/t15-/m1/s1. The van der Waals surface area contributed by atoms with Gasteiger partial charge in [-0.05, 0) is 24.5 Å². The molecule has 0 amide bonds. The van der Waals surface area contributed by atoms with Crippen molar-refractivity contribution in [3.05, 3.63) is 34.6 Å². The molecule has 0 radical (unpaired) electrons. The molecule has 4 heteroatoms. The molecule has 0 unspecified atom stereocenters. The van der Waals surface area contributed by atoms with Crippen molar-refractivity contribution in [1.29, 1.82) is 0 Å². The van der Waals surface area contributed by atoms with E-state index in [0.29, 0.717) is 5.02 Å². The van der Waals surface area contributed by atoms with E-state index >= 15 is 0 Å². The van der Waals surface area contributed by atoms with Crippen molar-refractivity contribution in [3.8, 4) is 0 Å². The molecule has 0 spiro atoms. The van der Waals surface area contributed by atoms with E-state index in [9.17, 15) is 4.39 Å². The molecule has 19 heavy (non-hydrogen) atoms. The highest BCUT2D eigenvalue weighted by molar-refractivity contribution is 6.30. The minimum Gasteiger partial charge on any atom is -0.314 e. The Morgan fingerprint density at radius 2 is 2.05 bits per heavy atom. The molecule has 1 aliphatic carbocycles. The van der Waals surface area contributed by atoms with Gasteiger partial charge in [0.25, 0.3) is 0 Å². The highest BCUT2D eigenvalue weighted by Gasteiger charge is 2.31. The van der Waals surface area contributed by atoms with Crippen LogP contribution in [0.4, 0.5) is 4.39 Å². The molecular formula is C15H20ClFN2. The highest BCUT2D eigenvalue weighted by Crippen LogP contribution is 2.41. The van der Waals surface area contributed by atoms with E-state index in [0.717, 1.165) is 44.1 Å². The molecule has 1 saturated carbocycles. The second-order valence-electron chi connectivity index (χ2n) is 5.65. The van der Waals surface area contributed by atoms with Gasteiger partial charge < -0.3 is 5.32 Å². The van der Waals surface area contributed by atoms with Gasteiger partial charge in [-0.15, -0.1) is 0 Å². The summed E-state index contributed by atoms with van der Waals surface area (Å²) in [7, 11) is 0. The lowest BCUT2D eigenvalue weighted by atomic mass is 9.98. The quantitative estimate of drug-likeness (QED) is 0.912. The summed E-state index contributed by atoms with van der Waals surface area (Å²) < 4.78 is 14.2. The summed E-state index contributed by atoms with van der Waals surface area (Å²) in [5, 5.41) is 3.84. The third-order valence-electron chi connectivity index (χ3n) is 4.17. The van der Waals surface area contributed by atoms with Crippen LogP contribution in [0.25, 0.3) is 0 Å². The summed E-state index contributed by atoms with van der Waals surface area (Å²) >= 11 is 5.86. The van der Waals surface area contributed by atoms with Crippen LogP contribution in [0, 0.1) is 11.7 Å². The Hall–Kier alpha value is -0.640. The van der Waals surface area contributed by atoms with Crippen LogP contribution in [-0.2, 0) is 0 Å². The van der Waals surface area contributed by atoms with Gasteiger partial charge in [0, 0.05) is 42.8 Å². The Kier molecular flexibility index (Phi) is 4.06. The van der Waals surface area contributed by atoms with E-state index in [-0.39, 0.29) is 11.9 Å². The number of nitrogens with one attached hydrogen (secondary N) is 1. The van der Waals surface area contributed by atoms with Crippen LogP contribution in [0.5, 0.6) is 0 Å². The Morgan fingerprint density at radius 3 is 2.68 bits per heavy atom. The van der Waals surface area contributed by atoms with Crippen LogP contribution < -0.4 is 5.32 Å². The molecule has 0 bridgehead atoms. The van der Waals surface area contributed by atoms with E-state index in [1.807, 2.05) is 12.1 Å². The van der Waals surface area contributed by atoms with Gasteiger partial charge in [-0.3, -0.25) is 4.90 Å². The van der Waals surface area contributed by atoms with Gasteiger partial charge in [-0.25, -0.2) is 4.39 Å². The predicted octanol–water partition coefficient (Wildman–Crippen LogP) is 3.23. The van der Waals surface area contributed by atoms with Gasteiger partial charge in [-0.1, -0.05) is 30.5 Å². The summed E-state index contributed by atoms with van der Waals surface area (Å²) in [5.74, 6) is 0.631. The summed E-state index contributed by atoms with van der Waals surface area (Å²) in [4.78, 5) is 2.42. The minimum absolute atomic E-state index is 0.156. The van der Waals surface area contributed by atoms with Crippen molar-refractivity contribution in [2.45, 2.75) is 25.3 Å². The van der Waals surface area contributed by atoms with Gasteiger partial charge in [0.1, 0.15) is 5.82 Å². The maximum absolute atomic E-state index is 14.2. The van der Waals surface area contributed by atoms with Crippen LogP contribution in [-0.4, -0.2) is 31.1 Å². The molecule has 3 rings (SSSR count). The Bertz CT molecular complexity index is 442. The third-order valence-corrected chi connectivity index (χ3v) is 4.40. The summed E-state index contributed by atoms with van der Waals surface area (Å²) in [6.45, 7) is 3.99. The van der Waals surface area contributed by atoms with E-state index in [2.05, 4.69) is 10.2 Å². The fourth-order valence-electron chi connectivity index (χ4n) is 2.91. The first-order chi connectivity index (χ1) is 9.24. The summed E-state index contributed by atoms with van der Waals surface area (Å²) in [6.07, 6.45) is 3.69. The molecule has 1 aromatic rings. The molecule has 1 atom stereocenters. The van der Waals surface area contributed by atoms with E-state index in [1.54, 1.807) is 0 Å². The van der Waals surface area contributed by atoms with E-state index in [1.165, 1.54) is 18.9 Å². The lowest BCUT2D eigenvalue weighted by Gasteiger charge is -2.35. The van der Waals surface area contributed by atoms with Gasteiger partial charge in [-0.2, -0.15) is 0 Å². The number of halogens is 2. The fraction of sp³-hybridized carbons (Fsp3) is 0.600. The number of nitrogens with zero attached hydrogens (tertiary/aromatic N) is 1. The lowest BCUT2D eigenvalue weighted by Crippen LogP contribution is -2.45. The number of piperazine rings is 1. The predicted molar refractivity (Wildman–Crippen MR) is 75.9 cm³/mol. The first-order valence-electron chi connectivity index (χ1n) is 7.14. The molecule has 2 aliphatic rings. The van der Waals surface area contributed by atoms with Crippen LogP contribution in [0.3, 0.4) is 0 Å². The second kappa shape index (κ2) is 5.78. The second-order valence-corrected chi connectivity index (χ2v) is 6.08. The average Bonchev–Trinajstić information content (AvgIpc) is 3.22. The molecular weight excluding hydrogens is 263 g/mol. The van der Waals surface area contributed by atoms with Gasteiger partial charge in [0.05, 0.1) is 0 Å². The Balaban J connectivity index is 1.83. The van der Waals surface area contributed by atoms with Crippen LogP contribution in [0.15, 0.2) is 18.2 Å². The third kappa shape index (κ3) is 3.28. The Morgan fingerprint density at radius 1 is 1.32 bits per heavy atom. The maximum Gasteiger partial charge on any atom is 0.129 e. The lowest BCUT2D eigenvalue weighted by molar-refractivity contribution is 0.157. The largest absolute Gasteiger partial charge is 0.314 e. The monoisotopic (exact) mass is 282 g/mol. The van der Waals surface area contributed by atoms with Crippen molar-refractivity contribution < 1.29 is 4.39 Å². The molecule has 1 aromatic carbocycles. The van der Waals surface area contributed by atoms with Crippen molar-refractivity contribution >= 4 is 11.6 Å². The zero-order valence-electron chi connectivity index (χ0n) is 11.0. The maximum atomic E-state index is 14.2. The van der Waals surface area contributed by atoms with E-state index < -0.39 is 0 Å². The molecule has 0 aromatic heterocycles. The normalized spacial score (nSPS) is 22.4. The van der Waals surface area contributed by atoms with Gasteiger partial charge in [0.2, 0.25) is 0 Å². The average molecular weight is 283 g/mol. The van der Waals surface area contributed by atoms with Crippen molar-refractivity contribution in [3.63, 3.8) is 0 Å². The fourth-order valence-corrected chi connectivity index (χ4v) is 3.07. The topological polar surface area (TPSA) is 15.3 Å². The van der Waals surface area contributed by atoms with Crippen LogP contribution in [0.2, 0.25) is 5.02 Å². The highest BCUT2D eigenvalue weighted by atomic mass is 35.5. The van der Waals surface area contributed by atoms with Gasteiger partial charge >= 0.3 is 0 Å². The first kappa shape index (κ1) is 13.3. The smallest absolute Gasteiger partial charge is 0.129 e. The SMILES string of the molecule is Fc1cc(Cl)ccc1[C@@H](CC1CC1)N1CCNCC1. The molecule has 2 nitrogen and oxygen atoms in total. The Labute approximate surface area is 118 Å². The zero-order chi connectivity index (χ0) is 13.2. The number of hydrogen-bond donors (Lipinski definition) is 1. The number of hydrogen-bond acceptors (Lipinski definition) is 2. The molecule has 1 aliphatic heterocycles.